The molecule has 1 aliphatic heterocycles. The van der Waals surface area contributed by atoms with Crippen LogP contribution in [0.4, 0.5) is 0 Å². The van der Waals surface area contributed by atoms with E-state index in [2.05, 4.69) is 38.2 Å². The van der Waals surface area contributed by atoms with Crippen molar-refractivity contribution in [3.63, 3.8) is 0 Å². The van der Waals surface area contributed by atoms with Crippen LogP contribution in [-0.4, -0.2) is 110 Å². The first kappa shape index (κ1) is 51.9. The van der Waals surface area contributed by atoms with Gasteiger partial charge in [0, 0.05) is 0 Å². The second kappa shape index (κ2) is 33.8. The van der Waals surface area contributed by atoms with Crippen LogP contribution in [0.2, 0.25) is 0 Å². The lowest BCUT2D eigenvalue weighted by atomic mass is 9.98. The van der Waals surface area contributed by atoms with E-state index < -0.39 is 74.2 Å². The number of carbonyl (C=O) groups is 1. The van der Waals surface area contributed by atoms with E-state index in [0.29, 0.717) is 25.2 Å². The number of aliphatic hydroxyl groups is 7. The normalized spacial score (nSPS) is 22.6. The highest BCUT2D eigenvalue weighted by atomic mass is 16.7. The molecule has 0 saturated carbocycles. The van der Waals surface area contributed by atoms with E-state index in [1.807, 2.05) is 0 Å². The second-order valence-electron chi connectivity index (χ2n) is 16.6. The van der Waals surface area contributed by atoms with Crippen LogP contribution in [0.15, 0.2) is 12.2 Å². The van der Waals surface area contributed by atoms with Crippen molar-refractivity contribution in [2.75, 3.05) is 13.2 Å². The first-order valence-electron chi connectivity index (χ1n) is 22.4. The maximum atomic E-state index is 13.0. The average molecular weight is 788 g/mol. The first-order valence-corrected chi connectivity index (χ1v) is 22.4. The Hall–Kier alpha value is -1.15. The van der Waals surface area contributed by atoms with Crippen LogP contribution in [0.5, 0.6) is 0 Å². The Morgan fingerprint density at radius 1 is 0.655 bits per heavy atom. The number of carbonyl (C=O) groups excluding carboxylic acids is 1. The minimum Gasteiger partial charge on any atom is -0.394 e. The van der Waals surface area contributed by atoms with Crippen molar-refractivity contribution in [3.05, 3.63) is 12.2 Å². The van der Waals surface area contributed by atoms with Crippen molar-refractivity contribution < 1.29 is 50.0 Å². The molecule has 0 aromatic heterocycles. The zero-order chi connectivity index (χ0) is 40.7. The lowest BCUT2D eigenvalue weighted by Crippen LogP contribution is -2.60. The molecule has 0 aliphatic carbocycles. The third-order valence-corrected chi connectivity index (χ3v) is 11.0. The Morgan fingerprint density at radius 3 is 1.64 bits per heavy atom. The van der Waals surface area contributed by atoms with Gasteiger partial charge in [-0.2, -0.15) is 0 Å². The van der Waals surface area contributed by atoms with Gasteiger partial charge >= 0.3 is 0 Å². The largest absolute Gasteiger partial charge is 0.394 e. The number of rotatable bonds is 36. The fourth-order valence-electron chi connectivity index (χ4n) is 7.21. The number of allylic oxidation sites excluding steroid dienone is 2. The monoisotopic (exact) mass is 788 g/mol. The molecular weight excluding hydrogens is 702 g/mol. The maximum absolute atomic E-state index is 13.0. The summed E-state index contributed by atoms with van der Waals surface area (Å²) in [5.41, 5.74) is 0. The molecule has 55 heavy (non-hydrogen) atoms. The molecule has 1 aliphatic rings. The molecule has 0 bridgehead atoms. The Balaban J connectivity index is 2.41. The molecule has 9 atom stereocenters. The van der Waals surface area contributed by atoms with Gasteiger partial charge in [0.05, 0.1) is 25.4 Å². The summed E-state index contributed by atoms with van der Waals surface area (Å²) in [6, 6.07) is -1.16. The topological polar surface area (TPSA) is 189 Å². The number of nitrogens with one attached hydrogen (secondary N) is 1. The zero-order valence-corrected chi connectivity index (χ0v) is 35.1. The number of unbranched alkanes of at least 4 members (excludes halogenated alkanes) is 20. The van der Waals surface area contributed by atoms with E-state index >= 15 is 0 Å². The Morgan fingerprint density at radius 2 is 1.13 bits per heavy atom. The minimum atomic E-state index is -1.66. The number of aliphatic hydroxyl groups excluding tert-OH is 7. The molecule has 8 N–H and O–H groups in total. The summed E-state index contributed by atoms with van der Waals surface area (Å²) in [5, 5.41) is 75.4. The smallest absolute Gasteiger partial charge is 0.249 e. The van der Waals surface area contributed by atoms with Crippen LogP contribution >= 0.6 is 0 Å². The molecule has 0 aromatic rings. The molecule has 11 nitrogen and oxygen atoms in total. The molecule has 1 amide bonds. The van der Waals surface area contributed by atoms with Gasteiger partial charge in [0.1, 0.15) is 36.6 Å². The first-order chi connectivity index (χ1) is 26.5. The quantitative estimate of drug-likeness (QED) is 0.0249. The van der Waals surface area contributed by atoms with Crippen molar-refractivity contribution in [3.8, 4) is 0 Å². The van der Waals surface area contributed by atoms with Gasteiger partial charge in [0.25, 0.3) is 0 Å². The third-order valence-electron chi connectivity index (χ3n) is 11.0. The van der Waals surface area contributed by atoms with Gasteiger partial charge in [0.2, 0.25) is 5.91 Å². The standard InChI is InChI=1S/C44H85NO10/c1-4-5-6-7-8-9-10-11-12-13-14-15-16-17-18-19-20-25-28-31-37(48)43(53)45-35(33-54-44-42(52)41(51)40(50)38(32-46)55-44)39(49)36(47)30-27-24-22-21-23-26-29-34(2)3/h9-10,34-42,44,46-52H,4-8,11-33H2,1-3H3,(H,45,53)/b10-9-/t35-,36+,37+,38+,39-,40+,41-,42+,44+/m0/s1. The third kappa shape index (κ3) is 25.1. The molecule has 0 unspecified atom stereocenters. The van der Waals surface area contributed by atoms with Crippen LogP contribution in [-0.2, 0) is 14.3 Å². The van der Waals surface area contributed by atoms with Crippen molar-refractivity contribution in [2.45, 2.75) is 243 Å². The molecule has 1 fully saturated rings. The summed E-state index contributed by atoms with van der Waals surface area (Å²) in [6.07, 6.45) is 21.5. The summed E-state index contributed by atoms with van der Waals surface area (Å²) in [7, 11) is 0. The van der Waals surface area contributed by atoms with Crippen molar-refractivity contribution in [1.29, 1.82) is 0 Å². The van der Waals surface area contributed by atoms with E-state index in [1.165, 1.54) is 103 Å². The zero-order valence-electron chi connectivity index (χ0n) is 35.1. The van der Waals surface area contributed by atoms with E-state index in [1.54, 1.807) is 0 Å². The van der Waals surface area contributed by atoms with Gasteiger partial charge in [0.15, 0.2) is 6.29 Å². The summed E-state index contributed by atoms with van der Waals surface area (Å²) < 4.78 is 11.1. The number of amides is 1. The lowest BCUT2D eigenvalue weighted by Gasteiger charge is -2.40. The molecule has 1 saturated heterocycles. The summed E-state index contributed by atoms with van der Waals surface area (Å²) >= 11 is 0. The predicted molar refractivity (Wildman–Crippen MR) is 219 cm³/mol. The Labute approximate surface area is 334 Å². The SMILES string of the molecule is CCCCCC/C=C\CCCCCCCCCCCCC[C@@H](O)C(=O)N[C@@H](CO[C@@H]1O[C@H](CO)[C@@H](O)[C@H](O)[C@H]1O)[C@H](O)[C@H](O)CCCCCCCCC(C)C. The van der Waals surface area contributed by atoms with Crippen LogP contribution in [0, 0.1) is 5.92 Å². The molecule has 326 valence electrons. The maximum Gasteiger partial charge on any atom is 0.249 e. The van der Waals surface area contributed by atoms with Gasteiger partial charge in [-0.1, -0.05) is 161 Å². The molecule has 11 heteroatoms. The highest BCUT2D eigenvalue weighted by molar-refractivity contribution is 5.80. The molecular formula is C44H85NO10. The summed E-state index contributed by atoms with van der Waals surface area (Å²) in [5.74, 6) is 0.00142. The summed E-state index contributed by atoms with van der Waals surface area (Å²) in [4.78, 5) is 13.0. The molecule has 0 spiro atoms. The van der Waals surface area contributed by atoms with Gasteiger partial charge < -0.3 is 50.5 Å². The minimum absolute atomic E-state index is 0.260. The number of hydrogen-bond acceptors (Lipinski definition) is 10. The van der Waals surface area contributed by atoms with Gasteiger partial charge in [-0.15, -0.1) is 0 Å². The van der Waals surface area contributed by atoms with Gasteiger partial charge in [-0.3, -0.25) is 4.79 Å². The van der Waals surface area contributed by atoms with Gasteiger partial charge in [-0.25, -0.2) is 0 Å². The molecule has 0 aromatic carbocycles. The van der Waals surface area contributed by atoms with Crippen LogP contribution in [0.1, 0.15) is 188 Å². The Kier molecular flexibility index (Phi) is 31.9. The average Bonchev–Trinajstić information content (AvgIpc) is 3.17. The van der Waals surface area contributed by atoms with Gasteiger partial charge in [-0.05, 0) is 44.4 Å². The Bertz CT molecular complexity index is 921. The van der Waals surface area contributed by atoms with Crippen molar-refractivity contribution in [1.82, 2.24) is 5.32 Å². The fourth-order valence-corrected chi connectivity index (χ4v) is 7.21. The second-order valence-corrected chi connectivity index (χ2v) is 16.6. The van der Waals surface area contributed by atoms with E-state index in [4.69, 9.17) is 9.47 Å². The lowest BCUT2D eigenvalue weighted by molar-refractivity contribution is -0.303. The fraction of sp³-hybridized carbons (Fsp3) is 0.932. The van der Waals surface area contributed by atoms with E-state index in [9.17, 15) is 40.5 Å². The highest BCUT2D eigenvalue weighted by Crippen LogP contribution is 2.23. The van der Waals surface area contributed by atoms with Crippen molar-refractivity contribution >= 4 is 5.91 Å². The van der Waals surface area contributed by atoms with Crippen LogP contribution in [0.25, 0.3) is 0 Å². The molecule has 1 rings (SSSR count). The molecule has 1 heterocycles. The van der Waals surface area contributed by atoms with Crippen LogP contribution in [0.3, 0.4) is 0 Å². The van der Waals surface area contributed by atoms with E-state index in [-0.39, 0.29) is 6.42 Å². The number of hydrogen-bond donors (Lipinski definition) is 8. The van der Waals surface area contributed by atoms with E-state index in [0.717, 1.165) is 38.5 Å². The molecule has 0 radical (unpaired) electrons. The summed E-state index contributed by atoms with van der Waals surface area (Å²) in [6.45, 7) is 5.64. The number of ether oxygens (including phenoxy) is 2. The predicted octanol–water partition coefficient (Wildman–Crippen LogP) is 6.75. The van der Waals surface area contributed by atoms with Crippen molar-refractivity contribution in [2.24, 2.45) is 5.92 Å². The van der Waals surface area contributed by atoms with Crippen LogP contribution < -0.4 is 5.32 Å². The highest BCUT2D eigenvalue weighted by Gasteiger charge is 2.44.